The van der Waals surface area contributed by atoms with Crippen molar-refractivity contribution in [2.24, 2.45) is 0 Å². The number of carboxylic acid groups (broad SMARTS) is 1. The molecule has 2 N–H and O–H groups in total. The molecule has 0 spiro atoms. The number of rotatable bonds is 7. The molecule has 1 aliphatic carbocycles. The molecule has 1 saturated carbocycles. The number of phenolic OH excluding ortho intramolecular Hbond substituents is 1. The van der Waals surface area contributed by atoms with E-state index in [-0.39, 0.29) is 5.75 Å². The lowest BCUT2D eigenvalue weighted by Gasteiger charge is -2.31. The van der Waals surface area contributed by atoms with Crippen LogP contribution in [0.5, 0.6) is 5.75 Å². The maximum atomic E-state index is 13.3. The number of carboxylic acids is 1. The molecule has 38 heavy (non-hydrogen) atoms. The van der Waals surface area contributed by atoms with Crippen LogP contribution in [0.25, 0.3) is 11.0 Å². The molecule has 0 radical (unpaired) electrons. The number of hydrogen-bond donors (Lipinski definition) is 2. The molecule has 1 aromatic heterocycles. The van der Waals surface area contributed by atoms with Crippen LogP contribution in [0.4, 0.5) is 0 Å². The van der Waals surface area contributed by atoms with Gasteiger partial charge in [0.2, 0.25) is 0 Å². The zero-order valence-electron chi connectivity index (χ0n) is 20.3. The Balaban J connectivity index is 1.60. The van der Waals surface area contributed by atoms with Gasteiger partial charge in [0.15, 0.2) is 0 Å². The summed E-state index contributed by atoms with van der Waals surface area (Å²) in [4.78, 5) is 18.3. The highest BCUT2D eigenvalue weighted by atomic mass is 35.5. The maximum Gasteiger partial charge on any atom is 0.323 e. The molecule has 190 valence electrons. The lowest BCUT2D eigenvalue weighted by atomic mass is 9.69. The summed E-state index contributed by atoms with van der Waals surface area (Å²) in [6.07, 6.45) is 2.15. The van der Waals surface area contributed by atoms with Gasteiger partial charge in [0.25, 0.3) is 0 Å². The predicted molar refractivity (Wildman–Crippen MR) is 149 cm³/mol. The Labute approximate surface area is 229 Å². The fourth-order valence-corrected chi connectivity index (χ4v) is 5.55. The first-order valence-corrected chi connectivity index (χ1v) is 13.2. The minimum Gasteiger partial charge on any atom is -0.508 e. The van der Waals surface area contributed by atoms with Crippen molar-refractivity contribution in [3.63, 3.8) is 0 Å². The third-order valence-corrected chi connectivity index (χ3v) is 7.78. The van der Waals surface area contributed by atoms with Gasteiger partial charge in [0, 0.05) is 22.5 Å². The van der Waals surface area contributed by atoms with E-state index in [4.69, 9.17) is 28.2 Å². The number of halogens is 2. The number of benzene rings is 4. The summed E-state index contributed by atoms with van der Waals surface area (Å²) >= 11 is 12.4. The van der Waals surface area contributed by atoms with Crippen molar-refractivity contribution in [1.82, 2.24) is 9.55 Å². The van der Waals surface area contributed by atoms with Crippen LogP contribution in [0.15, 0.2) is 91.0 Å². The van der Waals surface area contributed by atoms with Gasteiger partial charge < -0.3 is 14.8 Å². The number of carbonyl (C=O) groups is 1. The van der Waals surface area contributed by atoms with E-state index in [0.29, 0.717) is 39.2 Å². The Hall–Kier alpha value is -3.80. The molecule has 1 aliphatic rings. The molecule has 4 aromatic carbocycles. The zero-order valence-corrected chi connectivity index (χ0v) is 21.8. The van der Waals surface area contributed by atoms with Crippen LogP contribution in [-0.4, -0.2) is 25.7 Å². The van der Waals surface area contributed by atoms with E-state index in [1.54, 1.807) is 60.7 Å². The van der Waals surface area contributed by atoms with Gasteiger partial charge >= 0.3 is 5.97 Å². The molecule has 5 nitrogen and oxygen atoms in total. The normalized spacial score (nSPS) is 13.6. The molecule has 5 aromatic rings. The SMILES string of the molecule is O=C(O)C(c1ccc(Cl)cc1)(c1ccc(Cl)cc1)c1ccc2nc(C3CC3)n(Cc3cccc(O)c3)c2c1. The number of fused-ring (bicyclic) bond motifs is 1. The van der Waals surface area contributed by atoms with Crippen LogP contribution < -0.4 is 0 Å². The Morgan fingerprint density at radius 2 is 1.47 bits per heavy atom. The number of nitrogens with zero attached hydrogens (tertiary/aromatic N) is 2. The van der Waals surface area contributed by atoms with Crippen LogP contribution in [0.3, 0.4) is 0 Å². The molecule has 7 heteroatoms. The van der Waals surface area contributed by atoms with Crippen molar-refractivity contribution in [2.45, 2.75) is 30.7 Å². The van der Waals surface area contributed by atoms with Crippen molar-refractivity contribution in [3.8, 4) is 5.75 Å². The number of aromatic nitrogens is 2. The van der Waals surface area contributed by atoms with Crippen molar-refractivity contribution in [1.29, 1.82) is 0 Å². The van der Waals surface area contributed by atoms with Gasteiger partial charge in [-0.05, 0) is 83.6 Å². The summed E-state index contributed by atoms with van der Waals surface area (Å²) in [7, 11) is 0. The minimum atomic E-state index is -1.51. The molecule has 6 rings (SSSR count). The first-order chi connectivity index (χ1) is 18.4. The van der Waals surface area contributed by atoms with E-state index >= 15 is 0 Å². The largest absolute Gasteiger partial charge is 0.508 e. The molecule has 1 heterocycles. The van der Waals surface area contributed by atoms with Gasteiger partial charge in [-0.1, -0.05) is 65.7 Å². The highest BCUT2D eigenvalue weighted by Crippen LogP contribution is 2.44. The predicted octanol–water partition coefficient (Wildman–Crippen LogP) is 7.39. The Bertz CT molecular complexity index is 1610. The topological polar surface area (TPSA) is 75.3 Å². The van der Waals surface area contributed by atoms with Gasteiger partial charge in [-0.3, -0.25) is 4.79 Å². The van der Waals surface area contributed by atoms with E-state index < -0.39 is 11.4 Å². The third kappa shape index (κ3) is 4.22. The van der Waals surface area contributed by atoms with Gasteiger partial charge in [0.05, 0.1) is 11.0 Å². The number of hydrogen-bond acceptors (Lipinski definition) is 3. The van der Waals surface area contributed by atoms with Crippen LogP contribution in [0.1, 0.15) is 46.8 Å². The Kier molecular flexibility index (Phi) is 6.13. The second-order valence-electron chi connectivity index (χ2n) is 9.77. The summed E-state index contributed by atoms with van der Waals surface area (Å²) < 4.78 is 2.15. The standard InChI is InChI=1S/C31H24Cl2N2O3/c32-24-11-6-21(7-12-24)31(30(37)38,22-8-13-25(33)14-9-22)23-10-15-27-28(17-23)35(29(34-27)20-4-5-20)18-19-2-1-3-26(36)16-19/h1-3,6-17,20,36H,4-5,18H2,(H,37,38). The second kappa shape index (κ2) is 9.50. The molecule has 0 amide bonds. The van der Waals surface area contributed by atoms with Crippen LogP contribution >= 0.6 is 23.2 Å². The van der Waals surface area contributed by atoms with Crippen molar-refractivity contribution < 1.29 is 15.0 Å². The van der Waals surface area contributed by atoms with Gasteiger partial charge in [0.1, 0.15) is 17.0 Å². The van der Waals surface area contributed by atoms with Gasteiger partial charge in [-0.25, -0.2) is 4.98 Å². The van der Waals surface area contributed by atoms with E-state index in [2.05, 4.69) is 4.57 Å². The molecule has 0 saturated heterocycles. The lowest BCUT2D eigenvalue weighted by molar-refractivity contribution is -0.140. The Morgan fingerprint density at radius 3 is 2.03 bits per heavy atom. The lowest BCUT2D eigenvalue weighted by Crippen LogP contribution is -2.38. The van der Waals surface area contributed by atoms with E-state index in [1.165, 1.54) is 0 Å². The van der Waals surface area contributed by atoms with E-state index in [9.17, 15) is 15.0 Å². The molecular formula is C31H24Cl2N2O3. The summed E-state index contributed by atoms with van der Waals surface area (Å²) in [5.74, 6) is 0.554. The zero-order chi connectivity index (χ0) is 26.4. The molecular weight excluding hydrogens is 519 g/mol. The second-order valence-corrected chi connectivity index (χ2v) is 10.6. The number of phenols is 1. The first-order valence-electron chi connectivity index (χ1n) is 12.4. The summed E-state index contributed by atoms with van der Waals surface area (Å²) in [5.41, 5.74) is 2.85. The molecule has 0 aliphatic heterocycles. The maximum absolute atomic E-state index is 13.3. The molecule has 1 fully saturated rings. The molecule has 0 bridgehead atoms. The van der Waals surface area contributed by atoms with Crippen LogP contribution in [0.2, 0.25) is 10.0 Å². The summed E-state index contributed by atoms with van der Waals surface area (Å²) in [5, 5.41) is 22.0. The smallest absolute Gasteiger partial charge is 0.323 e. The number of aromatic hydroxyl groups is 1. The fourth-order valence-electron chi connectivity index (χ4n) is 5.30. The minimum absolute atomic E-state index is 0.205. The fraction of sp³-hybridized carbons (Fsp3) is 0.161. The summed E-state index contributed by atoms with van der Waals surface area (Å²) in [6, 6.07) is 26.7. The van der Waals surface area contributed by atoms with Crippen molar-refractivity contribution in [3.05, 3.63) is 129 Å². The van der Waals surface area contributed by atoms with E-state index in [0.717, 1.165) is 35.3 Å². The quantitative estimate of drug-likeness (QED) is 0.210. The first kappa shape index (κ1) is 24.5. The number of aliphatic carboxylic acids is 1. The highest BCUT2D eigenvalue weighted by molar-refractivity contribution is 6.30. The molecule has 0 atom stereocenters. The summed E-state index contributed by atoms with van der Waals surface area (Å²) in [6.45, 7) is 0.516. The highest BCUT2D eigenvalue weighted by Gasteiger charge is 2.44. The van der Waals surface area contributed by atoms with Crippen LogP contribution in [0, 0.1) is 0 Å². The number of imidazole rings is 1. The monoisotopic (exact) mass is 542 g/mol. The van der Waals surface area contributed by atoms with Crippen molar-refractivity contribution >= 4 is 40.2 Å². The van der Waals surface area contributed by atoms with Crippen molar-refractivity contribution in [2.75, 3.05) is 0 Å². The average molecular weight is 543 g/mol. The average Bonchev–Trinajstić information content (AvgIpc) is 3.69. The van der Waals surface area contributed by atoms with Crippen LogP contribution in [-0.2, 0) is 16.8 Å². The third-order valence-electron chi connectivity index (χ3n) is 7.28. The van der Waals surface area contributed by atoms with E-state index in [1.807, 2.05) is 30.3 Å². The van der Waals surface area contributed by atoms with Gasteiger partial charge in [-0.2, -0.15) is 0 Å². The van der Waals surface area contributed by atoms with Gasteiger partial charge in [-0.15, -0.1) is 0 Å². The Morgan fingerprint density at radius 1 is 0.868 bits per heavy atom. The molecule has 0 unspecified atom stereocenters.